The molecule has 2 amide bonds. The molecule has 2 rings (SSSR count). The van der Waals surface area contributed by atoms with Crippen molar-refractivity contribution in [1.82, 2.24) is 10.6 Å². The number of carbonyl (C=O) groups is 1. The van der Waals surface area contributed by atoms with Crippen molar-refractivity contribution in [2.75, 3.05) is 6.54 Å². The summed E-state index contributed by atoms with van der Waals surface area (Å²) >= 11 is 0. The van der Waals surface area contributed by atoms with Gasteiger partial charge < -0.3 is 10.6 Å². The Morgan fingerprint density at radius 3 is 2.29 bits per heavy atom. The van der Waals surface area contributed by atoms with Gasteiger partial charge in [0.25, 0.3) is 0 Å². The number of amides is 2. The third-order valence-electron chi connectivity index (χ3n) is 3.14. The molecule has 0 saturated heterocycles. The molecule has 3 heteroatoms. The number of rotatable bonds is 5. The molecule has 0 spiro atoms. The van der Waals surface area contributed by atoms with Gasteiger partial charge in [-0.3, -0.25) is 0 Å². The van der Waals surface area contributed by atoms with Gasteiger partial charge in [-0.05, 0) is 17.5 Å². The van der Waals surface area contributed by atoms with Gasteiger partial charge in [0.1, 0.15) is 0 Å². The maximum Gasteiger partial charge on any atom is 0.316 e. The molecule has 0 aliphatic carbocycles. The smallest absolute Gasteiger partial charge is 0.316 e. The maximum absolute atomic E-state index is 11.9. The van der Waals surface area contributed by atoms with Crippen molar-refractivity contribution in [2.45, 2.75) is 12.5 Å². The fourth-order valence-electron chi connectivity index (χ4n) is 2.13. The third kappa shape index (κ3) is 4.70. The Morgan fingerprint density at radius 2 is 1.67 bits per heavy atom. The summed E-state index contributed by atoms with van der Waals surface area (Å²) in [5, 5.41) is 5.60. The van der Waals surface area contributed by atoms with Crippen LogP contribution in [0, 0.1) is 12.3 Å². The zero-order valence-electron chi connectivity index (χ0n) is 11.8. The van der Waals surface area contributed by atoms with Crippen LogP contribution in [-0.4, -0.2) is 12.6 Å². The predicted octanol–water partition coefficient (Wildman–Crippen LogP) is 2.90. The van der Waals surface area contributed by atoms with Crippen molar-refractivity contribution in [3.63, 3.8) is 0 Å². The van der Waals surface area contributed by atoms with Crippen molar-refractivity contribution in [1.29, 1.82) is 0 Å². The quantitative estimate of drug-likeness (QED) is 0.811. The molecule has 1 atom stereocenters. The van der Waals surface area contributed by atoms with E-state index in [1.54, 1.807) is 0 Å². The molecular formula is C18H18N2O. The van der Waals surface area contributed by atoms with E-state index in [2.05, 4.69) is 28.7 Å². The highest BCUT2D eigenvalue weighted by Gasteiger charge is 2.14. The van der Waals surface area contributed by atoms with E-state index >= 15 is 0 Å². The zero-order valence-corrected chi connectivity index (χ0v) is 11.8. The Morgan fingerprint density at radius 1 is 1.05 bits per heavy atom. The molecule has 0 fully saturated rings. The van der Waals surface area contributed by atoms with Crippen LogP contribution in [0.3, 0.4) is 0 Å². The number of terminal acetylenes is 1. The first-order valence-electron chi connectivity index (χ1n) is 6.86. The minimum atomic E-state index is -0.252. The molecule has 0 aliphatic heterocycles. The Bertz CT molecular complexity index is 602. The second kappa shape index (κ2) is 7.76. The van der Waals surface area contributed by atoms with E-state index in [0.29, 0.717) is 0 Å². The molecule has 0 bridgehead atoms. The fourth-order valence-corrected chi connectivity index (χ4v) is 2.13. The predicted molar refractivity (Wildman–Crippen MR) is 84.7 cm³/mol. The van der Waals surface area contributed by atoms with Gasteiger partial charge in [0, 0.05) is 0 Å². The lowest BCUT2D eigenvalue weighted by atomic mass is 9.99. The molecule has 2 N–H and O–H groups in total. The van der Waals surface area contributed by atoms with Crippen LogP contribution >= 0.6 is 0 Å². The van der Waals surface area contributed by atoms with Crippen LogP contribution in [0.25, 0.3) is 0 Å². The molecule has 2 aromatic carbocycles. The van der Waals surface area contributed by atoms with Crippen LogP contribution in [0.1, 0.15) is 17.2 Å². The average Bonchev–Trinajstić information content (AvgIpc) is 2.54. The number of carbonyl (C=O) groups excluding carboxylic acids is 1. The van der Waals surface area contributed by atoms with Crippen LogP contribution < -0.4 is 10.6 Å². The Kier molecular flexibility index (Phi) is 5.42. The molecule has 0 radical (unpaired) electrons. The summed E-state index contributed by atoms with van der Waals surface area (Å²) in [4.78, 5) is 11.9. The van der Waals surface area contributed by atoms with Gasteiger partial charge in [-0.1, -0.05) is 66.6 Å². The average molecular weight is 278 g/mol. The van der Waals surface area contributed by atoms with Gasteiger partial charge in [-0.15, -0.1) is 6.42 Å². The van der Waals surface area contributed by atoms with Gasteiger partial charge in [0.15, 0.2) is 0 Å². The van der Waals surface area contributed by atoms with Gasteiger partial charge in [-0.25, -0.2) is 4.79 Å². The summed E-state index contributed by atoms with van der Waals surface area (Å²) in [6, 6.07) is 19.6. The maximum atomic E-state index is 11.9. The minimum absolute atomic E-state index is 0.0913. The minimum Gasteiger partial charge on any atom is -0.331 e. The van der Waals surface area contributed by atoms with E-state index in [0.717, 1.165) is 12.0 Å². The molecule has 3 nitrogen and oxygen atoms in total. The van der Waals surface area contributed by atoms with E-state index in [-0.39, 0.29) is 18.6 Å². The third-order valence-corrected chi connectivity index (χ3v) is 3.14. The van der Waals surface area contributed by atoms with E-state index in [1.165, 1.54) is 5.56 Å². The first kappa shape index (κ1) is 14.7. The molecule has 0 aliphatic rings. The first-order chi connectivity index (χ1) is 10.3. The van der Waals surface area contributed by atoms with Crippen LogP contribution in [0.4, 0.5) is 4.79 Å². The van der Waals surface area contributed by atoms with E-state index < -0.39 is 0 Å². The standard InChI is InChI=1S/C18H18N2O/c1-2-13-19-18(21)20-17(16-11-7-4-8-12-16)14-15-9-5-3-6-10-15/h1,3-12,17H,13-14H2,(H2,19,20,21)/t17-/m0/s1. The lowest BCUT2D eigenvalue weighted by molar-refractivity contribution is 0.238. The van der Waals surface area contributed by atoms with Gasteiger partial charge in [0.2, 0.25) is 0 Å². The van der Waals surface area contributed by atoms with Crippen molar-refractivity contribution >= 4 is 6.03 Å². The number of benzene rings is 2. The highest BCUT2D eigenvalue weighted by atomic mass is 16.2. The van der Waals surface area contributed by atoms with Crippen molar-refractivity contribution in [3.05, 3.63) is 71.8 Å². The second-order valence-electron chi connectivity index (χ2n) is 4.68. The summed E-state index contributed by atoms with van der Waals surface area (Å²) in [6.45, 7) is 0.221. The Balaban J connectivity index is 2.11. The number of urea groups is 1. The van der Waals surface area contributed by atoms with Crippen LogP contribution in [0.2, 0.25) is 0 Å². The molecular weight excluding hydrogens is 260 g/mol. The summed E-state index contributed by atoms with van der Waals surface area (Å²) in [5.74, 6) is 2.39. The zero-order chi connectivity index (χ0) is 14.9. The second-order valence-corrected chi connectivity index (χ2v) is 4.68. The lowest BCUT2D eigenvalue weighted by Gasteiger charge is -2.19. The summed E-state index contributed by atoms with van der Waals surface area (Å²) in [5.41, 5.74) is 2.24. The Labute approximate surface area is 125 Å². The van der Waals surface area contributed by atoms with Gasteiger partial charge in [-0.2, -0.15) is 0 Å². The van der Waals surface area contributed by atoms with Crippen molar-refractivity contribution in [2.24, 2.45) is 0 Å². The Hall–Kier alpha value is -2.73. The van der Waals surface area contributed by atoms with E-state index in [4.69, 9.17) is 6.42 Å². The van der Waals surface area contributed by atoms with Crippen LogP contribution in [0.5, 0.6) is 0 Å². The molecule has 0 unspecified atom stereocenters. The topological polar surface area (TPSA) is 41.1 Å². The largest absolute Gasteiger partial charge is 0.331 e. The number of hydrogen-bond donors (Lipinski definition) is 2. The van der Waals surface area contributed by atoms with Gasteiger partial charge in [0.05, 0.1) is 12.6 Å². The molecule has 0 heterocycles. The van der Waals surface area contributed by atoms with Crippen molar-refractivity contribution in [3.8, 4) is 12.3 Å². The molecule has 106 valence electrons. The first-order valence-corrected chi connectivity index (χ1v) is 6.86. The van der Waals surface area contributed by atoms with Crippen LogP contribution in [0.15, 0.2) is 60.7 Å². The lowest BCUT2D eigenvalue weighted by Crippen LogP contribution is -2.38. The highest BCUT2D eigenvalue weighted by Crippen LogP contribution is 2.18. The number of hydrogen-bond acceptors (Lipinski definition) is 1. The summed E-state index contributed by atoms with van der Waals surface area (Å²) in [6.07, 6.45) is 5.88. The molecule has 2 aromatic rings. The SMILES string of the molecule is C#CCNC(=O)N[C@@H](Cc1ccccc1)c1ccccc1. The normalized spacial score (nSPS) is 11.2. The summed E-state index contributed by atoms with van der Waals surface area (Å²) < 4.78 is 0. The van der Waals surface area contributed by atoms with E-state index in [1.807, 2.05) is 48.5 Å². The fraction of sp³-hybridized carbons (Fsp3) is 0.167. The highest BCUT2D eigenvalue weighted by molar-refractivity contribution is 5.74. The van der Waals surface area contributed by atoms with Gasteiger partial charge >= 0.3 is 6.03 Å². The number of nitrogens with one attached hydrogen (secondary N) is 2. The molecule has 0 saturated carbocycles. The summed E-state index contributed by atoms with van der Waals surface area (Å²) in [7, 11) is 0. The van der Waals surface area contributed by atoms with Crippen molar-refractivity contribution < 1.29 is 4.79 Å². The molecule has 21 heavy (non-hydrogen) atoms. The molecule has 0 aromatic heterocycles. The van der Waals surface area contributed by atoms with E-state index in [9.17, 15) is 4.79 Å². The van der Waals surface area contributed by atoms with Crippen LogP contribution in [-0.2, 0) is 6.42 Å². The monoisotopic (exact) mass is 278 g/mol.